The van der Waals surface area contributed by atoms with Gasteiger partial charge in [0.15, 0.2) is 0 Å². The monoisotopic (exact) mass is 350 g/mol. The van der Waals surface area contributed by atoms with Crippen molar-refractivity contribution in [3.05, 3.63) is 46.4 Å². The summed E-state index contributed by atoms with van der Waals surface area (Å²) in [6.07, 6.45) is 0. The number of nitrogens with two attached hydrogens (primary N) is 1. The van der Waals surface area contributed by atoms with E-state index < -0.39 is 5.97 Å². The molecule has 0 spiro atoms. The molecule has 0 unspecified atom stereocenters. The molecule has 2 aromatic carbocycles. The lowest BCUT2D eigenvalue weighted by atomic mass is 10.1. The van der Waals surface area contributed by atoms with Gasteiger partial charge in [0.25, 0.3) is 0 Å². The van der Waals surface area contributed by atoms with Crippen LogP contribution in [0.5, 0.6) is 5.75 Å². The van der Waals surface area contributed by atoms with Crippen LogP contribution in [-0.2, 0) is 4.74 Å². The highest BCUT2D eigenvalue weighted by Crippen LogP contribution is 2.32. The van der Waals surface area contributed by atoms with Crippen molar-refractivity contribution in [1.82, 2.24) is 0 Å². The van der Waals surface area contributed by atoms with E-state index in [2.05, 4.69) is 21.2 Å². The predicted molar refractivity (Wildman–Crippen MR) is 86.2 cm³/mol. The Labute approximate surface area is 131 Å². The van der Waals surface area contributed by atoms with E-state index >= 15 is 0 Å². The van der Waals surface area contributed by atoms with Crippen LogP contribution < -0.4 is 15.8 Å². The molecule has 2 rings (SSSR count). The second kappa shape index (κ2) is 6.49. The van der Waals surface area contributed by atoms with Crippen molar-refractivity contribution < 1.29 is 14.3 Å². The summed E-state index contributed by atoms with van der Waals surface area (Å²) in [6, 6.07) is 10.5. The molecule has 0 aromatic heterocycles. The van der Waals surface area contributed by atoms with Gasteiger partial charge in [-0.2, -0.15) is 0 Å². The number of carbonyl (C=O) groups is 1. The van der Waals surface area contributed by atoms with Crippen molar-refractivity contribution in [2.24, 2.45) is 0 Å². The van der Waals surface area contributed by atoms with Gasteiger partial charge in [-0.1, -0.05) is 15.9 Å². The van der Waals surface area contributed by atoms with Crippen LogP contribution in [0.25, 0.3) is 0 Å². The first-order valence-electron chi connectivity index (χ1n) is 6.13. The number of hydrogen-bond donors (Lipinski definition) is 2. The SMILES string of the molecule is COC(=O)c1cc(N)ccc1Nc1cc(Br)ccc1OC. The topological polar surface area (TPSA) is 73.6 Å². The molecule has 0 saturated carbocycles. The van der Waals surface area contributed by atoms with Gasteiger partial charge in [-0.3, -0.25) is 0 Å². The molecule has 0 aliphatic rings. The highest BCUT2D eigenvalue weighted by atomic mass is 79.9. The van der Waals surface area contributed by atoms with E-state index in [9.17, 15) is 4.79 Å². The van der Waals surface area contributed by atoms with Gasteiger partial charge in [0.05, 0.1) is 31.2 Å². The van der Waals surface area contributed by atoms with Gasteiger partial charge >= 0.3 is 5.97 Å². The van der Waals surface area contributed by atoms with Crippen LogP contribution in [0.1, 0.15) is 10.4 Å². The van der Waals surface area contributed by atoms with Crippen LogP contribution in [0.2, 0.25) is 0 Å². The maximum absolute atomic E-state index is 11.8. The lowest BCUT2D eigenvalue weighted by Gasteiger charge is -2.14. The van der Waals surface area contributed by atoms with Gasteiger partial charge in [0, 0.05) is 10.2 Å². The van der Waals surface area contributed by atoms with Gasteiger partial charge in [-0.05, 0) is 36.4 Å². The number of benzene rings is 2. The van der Waals surface area contributed by atoms with E-state index in [1.54, 1.807) is 25.3 Å². The third-order valence-electron chi connectivity index (χ3n) is 2.88. The fourth-order valence-corrected chi connectivity index (χ4v) is 2.23. The average molecular weight is 351 g/mol. The van der Waals surface area contributed by atoms with E-state index in [-0.39, 0.29) is 0 Å². The first kappa shape index (κ1) is 15.2. The van der Waals surface area contributed by atoms with Gasteiger partial charge in [-0.25, -0.2) is 4.79 Å². The summed E-state index contributed by atoms with van der Waals surface area (Å²) >= 11 is 3.40. The Morgan fingerprint density at radius 3 is 2.57 bits per heavy atom. The van der Waals surface area contributed by atoms with E-state index in [0.29, 0.717) is 22.7 Å². The Morgan fingerprint density at radius 1 is 1.14 bits per heavy atom. The number of esters is 1. The highest BCUT2D eigenvalue weighted by molar-refractivity contribution is 9.10. The number of halogens is 1. The molecule has 3 N–H and O–H groups in total. The summed E-state index contributed by atoms with van der Waals surface area (Å²) in [6.45, 7) is 0. The van der Waals surface area contributed by atoms with Crippen molar-refractivity contribution in [1.29, 1.82) is 0 Å². The highest BCUT2D eigenvalue weighted by Gasteiger charge is 2.14. The zero-order chi connectivity index (χ0) is 15.4. The number of methoxy groups -OCH3 is 2. The average Bonchev–Trinajstić information content (AvgIpc) is 2.48. The zero-order valence-electron chi connectivity index (χ0n) is 11.6. The summed E-state index contributed by atoms with van der Waals surface area (Å²) in [7, 11) is 2.91. The quantitative estimate of drug-likeness (QED) is 0.651. The molecular formula is C15H15BrN2O3. The van der Waals surface area contributed by atoms with Crippen LogP contribution >= 0.6 is 15.9 Å². The smallest absolute Gasteiger partial charge is 0.340 e. The first-order chi connectivity index (χ1) is 10.0. The Kier molecular flexibility index (Phi) is 4.70. The lowest BCUT2D eigenvalue weighted by molar-refractivity contribution is 0.0602. The fourth-order valence-electron chi connectivity index (χ4n) is 1.87. The molecule has 0 aliphatic heterocycles. The summed E-state index contributed by atoms with van der Waals surface area (Å²) in [4.78, 5) is 11.8. The van der Waals surface area contributed by atoms with Crippen molar-refractivity contribution in [2.45, 2.75) is 0 Å². The molecule has 0 saturated heterocycles. The first-order valence-corrected chi connectivity index (χ1v) is 6.93. The van der Waals surface area contributed by atoms with Crippen molar-refractivity contribution in [3.8, 4) is 5.75 Å². The minimum atomic E-state index is -0.459. The van der Waals surface area contributed by atoms with Crippen LogP contribution in [0.4, 0.5) is 17.1 Å². The van der Waals surface area contributed by atoms with Crippen molar-refractivity contribution in [3.63, 3.8) is 0 Å². The number of anilines is 3. The number of ether oxygens (including phenoxy) is 2. The Bertz CT molecular complexity index is 674. The second-order valence-electron chi connectivity index (χ2n) is 4.27. The molecule has 110 valence electrons. The molecule has 0 amide bonds. The largest absolute Gasteiger partial charge is 0.495 e. The maximum Gasteiger partial charge on any atom is 0.340 e. The van der Waals surface area contributed by atoms with Gasteiger partial charge in [-0.15, -0.1) is 0 Å². The normalized spacial score (nSPS) is 10.0. The molecule has 0 fully saturated rings. The number of nitrogen functional groups attached to an aromatic ring is 1. The number of rotatable bonds is 4. The molecule has 21 heavy (non-hydrogen) atoms. The predicted octanol–water partition coefficient (Wildman–Crippen LogP) is 3.57. The molecule has 2 aromatic rings. The number of carbonyl (C=O) groups excluding carboxylic acids is 1. The van der Waals surface area contributed by atoms with Gasteiger partial charge in [0.2, 0.25) is 0 Å². The summed E-state index contributed by atoms with van der Waals surface area (Å²) < 4.78 is 11.0. The second-order valence-corrected chi connectivity index (χ2v) is 5.18. The summed E-state index contributed by atoms with van der Waals surface area (Å²) in [5, 5.41) is 3.16. The zero-order valence-corrected chi connectivity index (χ0v) is 13.2. The van der Waals surface area contributed by atoms with Crippen LogP contribution in [0, 0.1) is 0 Å². The van der Waals surface area contributed by atoms with Gasteiger partial charge in [0.1, 0.15) is 5.75 Å². The standard InChI is InChI=1S/C15H15BrN2O3/c1-20-14-6-3-9(16)7-13(14)18-12-5-4-10(17)8-11(12)15(19)21-2/h3-8,18H,17H2,1-2H3. The molecule has 5 nitrogen and oxygen atoms in total. The summed E-state index contributed by atoms with van der Waals surface area (Å²) in [5.41, 5.74) is 7.89. The molecule has 0 radical (unpaired) electrons. The van der Waals surface area contributed by atoms with Crippen molar-refractivity contribution in [2.75, 3.05) is 25.3 Å². The molecule has 0 bridgehead atoms. The van der Waals surface area contributed by atoms with E-state index in [4.69, 9.17) is 15.2 Å². The minimum Gasteiger partial charge on any atom is -0.495 e. The Morgan fingerprint density at radius 2 is 1.90 bits per heavy atom. The molecule has 0 atom stereocenters. The summed E-state index contributed by atoms with van der Waals surface area (Å²) in [5.74, 6) is 0.199. The van der Waals surface area contributed by atoms with E-state index in [1.165, 1.54) is 7.11 Å². The Balaban J connectivity index is 2.44. The van der Waals surface area contributed by atoms with Gasteiger partial charge < -0.3 is 20.5 Å². The Hall–Kier alpha value is -2.21. The molecule has 0 heterocycles. The van der Waals surface area contributed by atoms with Crippen LogP contribution in [0.3, 0.4) is 0 Å². The number of hydrogen-bond acceptors (Lipinski definition) is 5. The van der Waals surface area contributed by atoms with Crippen LogP contribution in [0.15, 0.2) is 40.9 Å². The van der Waals surface area contributed by atoms with E-state index in [1.807, 2.05) is 18.2 Å². The third kappa shape index (κ3) is 3.46. The number of nitrogens with one attached hydrogen (secondary N) is 1. The molecule has 0 aliphatic carbocycles. The molecule has 6 heteroatoms. The third-order valence-corrected chi connectivity index (χ3v) is 3.37. The lowest BCUT2D eigenvalue weighted by Crippen LogP contribution is -2.07. The maximum atomic E-state index is 11.8. The van der Waals surface area contributed by atoms with Crippen LogP contribution in [-0.4, -0.2) is 20.2 Å². The van der Waals surface area contributed by atoms with E-state index in [0.717, 1.165) is 10.2 Å². The minimum absolute atomic E-state index is 0.361. The van der Waals surface area contributed by atoms with Crippen molar-refractivity contribution >= 4 is 39.0 Å². The fraction of sp³-hybridized carbons (Fsp3) is 0.133. The molecular weight excluding hydrogens is 336 g/mol.